The number of hydrogen-bond acceptors (Lipinski definition) is 1. The van der Waals surface area contributed by atoms with E-state index in [1.807, 2.05) is 20.8 Å². The molecule has 2 heteroatoms. The Morgan fingerprint density at radius 2 is 1.73 bits per heavy atom. The van der Waals surface area contributed by atoms with Crippen molar-refractivity contribution in [1.29, 1.82) is 0 Å². The van der Waals surface area contributed by atoms with Crippen molar-refractivity contribution >= 4 is 16.7 Å². The van der Waals surface area contributed by atoms with Gasteiger partial charge >= 0.3 is 0 Å². The molecule has 1 nitrogen and oxygen atoms in total. The van der Waals surface area contributed by atoms with E-state index < -0.39 is 0 Å². The molecule has 1 aliphatic carbocycles. The van der Waals surface area contributed by atoms with E-state index in [9.17, 15) is 4.79 Å². The fourth-order valence-electron chi connectivity index (χ4n) is 2.01. The molecule has 1 atom stereocenters. The van der Waals surface area contributed by atoms with Gasteiger partial charge in [-0.3, -0.25) is 4.79 Å². The van der Waals surface area contributed by atoms with Crippen LogP contribution >= 0.6 is 0 Å². The van der Waals surface area contributed by atoms with Gasteiger partial charge in [0.25, 0.3) is 0 Å². The molecule has 0 bridgehead atoms. The Morgan fingerprint density at radius 3 is 2.20 bits per heavy atom. The van der Waals surface area contributed by atoms with E-state index in [0.29, 0.717) is 16.7 Å². The van der Waals surface area contributed by atoms with Gasteiger partial charge < -0.3 is 0 Å². The maximum absolute atomic E-state index is 11.9. The molecule has 1 aliphatic rings. The second-order valence-corrected chi connectivity index (χ2v) is 8.11. The lowest BCUT2D eigenvalue weighted by Gasteiger charge is -2.22. The van der Waals surface area contributed by atoms with Crippen LogP contribution in [-0.2, 0) is 15.7 Å². The highest BCUT2D eigenvalue weighted by molar-refractivity contribution is 7.97. The Kier molecular flexibility index (Phi) is 4.69. The quantitative estimate of drug-likeness (QED) is 0.679. The van der Waals surface area contributed by atoms with Gasteiger partial charge in [0.1, 0.15) is 5.25 Å². The molecule has 1 fully saturated rings. The minimum atomic E-state index is -0.143. The normalized spacial score (nSPS) is 21.3. The van der Waals surface area contributed by atoms with Gasteiger partial charge in [-0.25, -0.2) is 0 Å². The third-order valence-corrected chi connectivity index (χ3v) is 5.64. The van der Waals surface area contributed by atoms with E-state index in [0.717, 1.165) is 11.0 Å². The van der Waals surface area contributed by atoms with E-state index in [-0.39, 0.29) is 5.41 Å². The van der Waals surface area contributed by atoms with Gasteiger partial charge in [-0.2, -0.15) is 0 Å². The van der Waals surface area contributed by atoms with E-state index in [2.05, 4.69) is 6.26 Å². The zero-order chi connectivity index (χ0) is 11.5. The van der Waals surface area contributed by atoms with Crippen molar-refractivity contribution < 1.29 is 4.79 Å². The molecule has 0 heterocycles. The monoisotopic (exact) mass is 229 g/mol. The maximum Gasteiger partial charge on any atom is 0.187 e. The second-order valence-electron chi connectivity index (χ2n) is 5.77. The van der Waals surface area contributed by atoms with Crippen LogP contribution in [0.25, 0.3) is 0 Å². The molecule has 0 radical (unpaired) electrons. The van der Waals surface area contributed by atoms with Gasteiger partial charge in [-0.15, -0.1) is 0 Å². The molecule has 0 aromatic rings. The van der Waals surface area contributed by atoms with Crippen molar-refractivity contribution in [2.24, 2.45) is 5.41 Å². The van der Waals surface area contributed by atoms with Gasteiger partial charge in [-0.05, 0) is 36.6 Å². The van der Waals surface area contributed by atoms with Crippen molar-refractivity contribution in [3.05, 3.63) is 0 Å². The van der Waals surface area contributed by atoms with Crippen LogP contribution in [0.15, 0.2) is 0 Å². The Bertz CT molecular complexity index is 211. The Morgan fingerprint density at radius 1 is 1.20 bits per heavy atom. The van der Waals surface area contributed by atoms with Crippen LogP contribution < -0.4 is 0 Å². The first-order chi connectivity index (χ1) is 6.91. The molecular formula is C13H25OS+. The average molecular weight is 229 g/mol. The molecule has 15 heavy (non-hydrogen) atoms. The third kappa shape index (κ3) is 4.18. The van der Waals surface area contributed by atoms with Crippen molar-refractivity contribution in [2.45, 2.75) is 58.1 Å². The van der Waals surface area contributed by atoms with Crippen LogP contribution in [0.5, 0.6) is 0 Å². The molecule has 1 rings (SSSR count). The van der Waals surface area contributed by atoms with Crippen molar-refractivity contribution in [3.8, 4) is 0 Å². The van der Waals surface area contributed by atoms with Crippen LogP contribution in [0.3, 0.4) is 0 Å². The second kappa shape index (κ2) is 5.38. The van der Waals surface area contributed by atoms with Gasteiger partial charge in [0.2, 0.25) is 0 Å². The topological polar surface area (TPSA) is 17.1 Å². The summed E-state index contributed by atoms with van der Waals surface area (Å²) < 4.78 is 0. The summed E-state index contributed by atoms with van der Waals surface area (Å²) in [4.78, 5) is 11.9. The predicted octanol–water partition coefficient (Wildman–Crippen LogP) is 3.18. The number of hydrogen-bond donors (Lipinski definition) is 0. The first-order valence-corrected chi connectivity index (χ1v) is 7.92. The summed E-state index contributed by atoms with van der Waals surface area (Å²) in [5.41, 5.74) is -0.143. The number of ketones is 1. The van der Waals surface area contributed by atoms with Crippen LogP contribution in [-0.4, -0.2) is 23.0 Å². The van der Waals surface area contributed by atoms with Gasteiger partial charge in [0.05, 0.1) is 6.26 Å². The van der Waals surface area contributed by atoms with Gasteiger partial charge in [0.15, 0.2) is 11.5 Å². The van der Waals surface area contributed by atoms with Crippen LogP contribution in [0.2, 0.25) is 0 Å². The minimum Gasteiger partial charge on any atom is -0.294 e. The highest BCUT2D eigenvalue weighted by Crippen LogP contribution is 2.26. The lowest BCUT2D eigenvalue weighted by atomic mass is 9.92. The number of rotatable bonds is 3. The SMILES string of the molecule is C[S+](CC(=O)C(C)(C)C)C1CCCCC1. The molecule has 0 N–H and O–H groups in total. The summed E-state index contributed by atoms with van der Waals surface area (Å²) in [7, 11) is 0.317. The summed E-state index contributed by atoms with van der Waals surface area (Å²) in [6.45, 7) is 6.11. The molecule has 1 saturated carbocycles. The van der Waals surface area contributed by atoms with Crippen LogP contribution in [0.4, 0.5) is 0 Å². The standard InChI is InChI=1S/C13H25OS/c1-13(2,3)12(14)10-15(4)11-8-6-5-7-9-11/h11H,5-10H2,1-4H3/q+1. The number of carbonyl (C=O) groups excluding carboxylic acids is 1. The Hall–Kier alpha value is 0.0200. The molecule has 0 spiro atoms. The number of Topliss-reactive ketones (excluding diaryl/α,β-unsaturated/α-hetero) is 1. The molecular weight excluding hydrogens is 204 g/mol. The summed E-state index contributed by atoms with van der Waals surface area (Å²) in [6.07, 6.45) is 9.17. The highest BCUT2D eigenvalue weighted by atomic mass is 32.2. The molecule has 0 saturated heterocycles. The zero-order valence-electron chi connectivity index (χ0n) is 10.6. The first kappa shape index (κ1) is 13.1. The number of carbonyl (C=O) groups is 1. The largest absolute Gasteiger partial charge is 0.294 e. The fourth-order valence-corrected chi connectivity index (χ4v) is 4.23. The fraction of sp³-hybridized carbons (Fsp3) is 0.923. The molecule has 88 valence electrons. The van der Waals surface area contributed by atoms with E-state index >= 15 is 0 Å². The predicted molar refractivity (Wildman–Crippen MR) is 69.5 cm³/mol. The van der Waals surface area contributed by atoms with Crippen LogP contribution in [0.1, 0.15) is 52.9 Å². The molecule has 0 aromatic heterocycles. The molecule has 0 aliphatic heterocycles. The summed E-state index contributed by atoms with van der Waals surface area (Å²) >= 11 is 0. The Labute approximate surface area is 97.4 Å². The molecule has 1 unspecified atom stereocenters. The van der Waals surface area contributed by atoms with Crippen molar-refractivity contribution in [2.75, 3.05) is 12.0 Å². The Balaban J connectivity index is 2.40. The van der Waals surface area contributed by atoms with Gasteiger partial charge in [-0.1, -0.05) is 27.2 Å². The molecule has 0 amide bonds. The highest BCUT2D eigenvalue weighted by Gasteiger charge is 2.33. The average Bonchev–Trinajstić information content (AvgIpc) is 2.17. The summed E-state index contributed by atoms with van der Waals surface area (Å²) in [5.74, 6) is 1.26. The lowest BCUT2D eigenvalue weighted by molar-refractivity contribution is -0.123. The molecule has 0 aromatic carbocycles. The lowest BCUT2D eigenvalue weighted by Crippen LogP contribution is -2.34. The smallest absolute Gasteiger partial charge is 0.187 e. The summed E-state index contributed by atoms with van der Waals surface area (Å²) in [6, 6.07) is 0. The van der Waals surface area contributed by atoms with Gasteiger partial charge in [0, 0.05) is 5.41 Å². The van der Waals surface area contributed by atoms with Crippen molar-refractivity contribution in [1.82, 2.24) is 0 Å². The van der Waals surface area contributed by atoms with E-state index in [4.69, 9.17) is 0 Å². The third-order valence-electron chi connectivity index (χ3n) is 3.32. The summed E-state index contributed by atoms with van der Waals surface area (Å²) in [5, 5.41) is 0.838. The zero-order valence-corrected chi connectivity index (χ0v) is 11.5. The van der Waals surface area contributed by atoms with E-state index in [1.165, 1.54) is 32.1 Å². The van der Waals surface area contributed by atoms with E-state index in [1.54, 1.807) is 0 Å². The minimum absolute atomic E-state index is 0.143. The maximum atomic E-state index is 11.9. The first-order valence-electron chi connectivity index (χ1n) is 6.06. The van der Waals surface area contributed by atoms with Crippen LogP contribution in [0, 0.1) is 5.41 Å². The van der Waals surface area contributed by atoms with Crippen molar-refractivity contribution in [3.63, 3.8) is 0 Å².